The van der Waals surface area contributed by atoms with E-state index in [0.717, 1.165) is 47.6 Å². The largest absolute Gasteiger partial charge is 0.490 e. The molecule has 33 heavy (non-hydrogen) atoms. The number of amides is 1. The van der Waals surface area contributed by atoms with Gasteiger partial charge in [0.05, 0.1) is 25.0 Å². The van der Waals surface area contributed by atoms with Gasteiger partial charge < -0.3 is 19.2 Å². The van der Waals surface area contributed by atoms with Gasteiger partial charge in [-0.3, -0.25) is 4.79 Å². The second kappa shape index (κ2) is 11.0. The summed E-state index contributed by atoms with van der Waals surface area (Å²) < 4.78 is 16.8. The minimum absolute atomic E-state index is 0.110. The van der Waals surface area contributed by atoms with E-state index in [1.807, 2.05) is 37.3 Å². The number of furan rings is 1. The Morgan fingerprint density at radius 1 is 1.24 bits per heavy atom. The van der Waals surface area contributed by atoms with Gasteiger partial charge >= 0.3 is 0 Å². The van der Waals surface area contributed by atoms with Crippen LogP contribution in [0.1, 0.15) is 51.9 Å². The Morgan fingerprint density at radius 2 is 2.12 bits per heavy atom. The fraction of sp³-hybridized carbons (Fsp3) is 0.308. The van der Waals surface area contributed by atoms with Crippen LogP contribution in [0.4, 0.5) is 5.00 Å². The molecule has 6 nitrogen and oxygen atoms in total. The predicted octanol–water partition coefficient (Wildman–Crippen LogP) is 5.86. The van der Waals surface area contributed by atoms with Gasteiger partial charge in [-0.15, -0.1) is 11.3 Å². The van der Waals surface area contributed by atoms with Gasteiger partial charge in [-0.2, -0.15) is 0 Å². The third-order valence-electron chi connectivity index (χ3n) is 5.34. The molecule has 0 spiro atoms. The van der Waals surface area contributed by atoms with Crippen molar-refractivity contribution in [3.05, 3.63) is 76.6 Å². The summed E-state index contributed by atoms with van der Waals surface area (Å²) in [6.45, 7) is 6.91. The summed E-state index contributed by atoms with van der Waals surface area (Å²) in [4.78, 5) is 19.1. The van der Waals surface area contributed by atoms with Gasteiger partial charge in [-0.05, 0) is 74.1 Å². The van der Waals surface area contributed by atoms with Crippen molar-refractivity contribution in [2.45, 2.75) is 39.2 Å². The van der Waals surface area contributed by atoms with Crippen LogP contribution < -0.4 is 14.8 Å². The summed E-state index contributed by atoms with van der Waals surface area (Å²) in [6.07, 6.45) is 9.23. The molecule has 2 aromatic heterocycles. The number of carbonyl (C=O) groups is 1. The minimum atomic E-state index is -0.110. The molecule has 4 rings (SSSR count). The van der Waals surface area contributed by atoms with Crippen molar-refractivity contribution in [3.63, 3.8) is 0 Å². The first-order chi connectivity index (χ1) is 16.2. The highest BCUT2D eigenvalue weighted by Gasteiger charge is 2.25. The number of benzene rings is 1. The Kier molecular flexibility index (Phi) is 7.62. The molecular weight excluding hydrogens is 436 g/mol. The number of ether oxygens (including phenoxy) is 2. The fourth-order valence-corrected chi connectivity index (χ4v) is 5.05. The first kappa shape index (κ1) is 22.9. The number of fused-ring (bicyclic) bond motifs is 1. The van der Waals surface area contributed by atoms with Gasteiger partial charge in [-0.25, -0.2) is 4.99 Å². The SMILES string of the molecule is C=CCOc1ccc(C=Nc2sc3c(c2C(=O)NCc2ccco2)CCCC3)cc1OCC. The number of carbonyl (C=O) groups excluding carboxylic acids is 1. The van der Waals surface area contributed by atoms with Crippen LogP contribution in [0.5, 0.6) is 11.5 Å². The molecule has 0 aliphatic heterocycles. The summed E-state index contributed by atoms with van der Waals surface area (Å²) in [5, 5.41) is 3.72. The zero-order chi connectivity index (χ0) is 23.0. The van der Waals surface area contributed by atoms with E-state index in [2.05, 4.69) is 11.9 Å². The van der Waals surface area contributed by atoms with Crippen molar-refractivity contribution < 1.29 is 18.7 Å². The molecule has 1 aliphatic rings. The zero-order valence-corrected chi connectivity index (χ0v) is 19.6. The Labute approximate surface area is 197 Å². The van der Waals surface area contributed by atoms with Gasteiger partial charge in [-0.1, -0.05) is 12.7 Å². The molecule has 0 radical (unpaired) electrons. The molecule has 1 aliphatic carbocycles. The van der Waals surface area contributed by atoms with E-state index in [1.54, 1.807) is 29.9 Å². The van der Waals surface area contributed by atoms with Gasteiger partial charge in [0.25, 0.3) is 5.91 Å². The number of hydrogen-bond donors (Lipinski definition) is 1. The molecule has 0 saturated carbocycles. The number of thiophene rings is 1. The molecule has 172 valence electrons. The molecule has 0 unspecified atom stereocenters. The van der Waals surface area contributed by atoms with Crippen LogP contribution in [0, 0.1) is 0 Å². The third-order valence-corrected chi connectivity index (χ3v) is 6.54. The number of rotatable bonds is 10. The van der Waals surface area contributed by atoms with Crippen LogP contribution in [0.15, 0.2) is 58.7 Å². The number of nitrogens with zero attached hydrogens (tertiary/aromatic N) is 1. The smallest absolute Gasteiger partial charge is 0.255 e. The lowest BCUT2D eigenvalue weighted by molar-refractivity contribution is 0.0948. The maximum atomic E-state index is 13.1. The predicted molar refractivity (Wildman–Crippen MR) is 131 cm³/mol. The third kappa shape index (κ3) is 5.54. The maximum absolute atomic E-state index is 13.1. The van der Waals surface area contributed by atoms with Gasteiger partial charge in [0.15, 0.2) is 11.5 Å². The molecule has 2 heterocycles. The summed E-state index contributed by atoms with van der Waals surface area (Å²) in [7, 11) is 0. The zero-order valence-electron chi connectivity index (χ0n) is 18.8. The van der Waals surface area contributed by atoms with E-state index in [4.69, 9.17) is 18.9 Å². The minimum Gasteiger partial charge on any atom is -0.490 e. The van der Waals surface area contributed by atoms with E-state index in [0.29, 0.717) is 36.8 Å². The number of nitrogens with one attached hydrogen (secondary N) is 1. The molecule has 7 heteroatoms. The Bertz CT molecular complexity index is 1130. The van der Waals surface area contributed by atoms with Crippen molar-refractivity contribution in [2.75, 3.05) is 13.2 Å². The maximum Gasteiger partial charge on any atom is 0.255 e. The van der Waals surface area contributed by atoms with Crippen LogP contribution in [-0.2, 0) is 19.4 Å². The van der Waals surface area contributed by atoms with E-state index >= 15 is 0 Å². The molecule has 1 N–H and O–H groups in total. The normalized spacial score (nSPS) is 13.0. The summed E-state index contributed by atoms with van der Waals surface area (Å²) in [5.41, 5.74) is 2.70. The second-order valence-corrected chi connectivity index (χ2v) is 8.73. The lowest BCUT2D eigenvalue weighted by Crippen LogP contribution is -2.23. The van der Waals surface area contributed by atoms with Crippen LogP contribution in [0.25, 0.3) is 0 Å². The van der Waals surface area contributed by atoms with Crippen molar-refractivity contribution in [1.29, 1.82) is 0 Å². The van der Waals surface area contributed by atoms with Crippen LogP contribution in [0.2, 0.25) is 0 Å². The molecule has 0 fully saturated rings. The summed E-state index contributed by atoms with van der Waals surface area (Å²) in [6, 6.07) is 9.35. The van der Waals surface area contributed by atoms with E-state index in [-0.39, 0.29) is 5.91 Å². The lowest BCUT2D eigenvalue weighted by atomic mass is 9.95. The highest BCUT2D eigenvalue weighted by molar-refractivity contribution is 7.16. The molecule has 0 saturated heterocycles. The molecule has 0 atom stereocenters. The van der Waals surface area contributed by atoms with Gasteiger partial charge in [0, 0.05) is 11.1 Å². The van der Waals surface area contributed by atoms with E-state index in [1.165, 1.54) is 4.88 Å². The molecule has 1 amide bonds. The fourth-order valence-electron chi connectivity index (χ4n) is 3.82. The van der Waals surface area contributed by atoms with Gasteiger partial charge in [0.2, 0.25) is 0 Å². The number of aliphatic imine (C=N–C) groups is 1. The Hall–Kier alpha value is -3.32. The molecular formula is C26H28N2O4S. The standard InChI is InChI=1S/C26H28N2O4S/c1-3-13-32-21-12-11-18(15-22(21)30-4-2)16-28-26-24(20-9-5-6-10-23(20)33-26)25(29)27-17-19-8-7-14-31-19/h3,7-8,11-12,14-16H,1,4-6,9-10,13,17H2,2H3,(H,27,29). The van der Waals surface area contributed by atoms with Crippen molar-refractivity contribution in [3.8, 4) is 11.5 Å². The van der Waals surface area contributed by atoms with E-state index in [9.17, 15) is 4.79 Å². The molecule has 3 aromatic rings. The molecule has 0 bridgehead atoms. The Morgan fingerprint density at radius 3 is 2.91 bits per heavy atom. The second-order valence-electron chi connectivity index (χ2n) is 7.65. The summed E-state index contributed by atoms with van der Waals surface area (Å²) >= 11 is 1.61. The monoisotopic (exact) mass is 464 g/mol. The first-order valence-electron chi connectivity index (χ1n) is 11.2. The van der Waals surface area contributed by atoms with Crippen LogP contribution in [0.3, 0.4) is 0 Å². The van der Waals surface area contributed by atoms with Crippen molar-refractivity contribution in [2.24, 2.45) is 4.99 Å². The average molecular weight is 465 g/mol. The summed E-state index contributed by atoms with van der Waals surface area (Å²) in [5.74, 6) is 1.93. The van der Waals surface area contributed by atoms with Crippen LogP contribution >= 0.6 is 11.3 Å². The van der Waals surface area contributed by atoms with Crippen molar-refractivity contribution >= 4 is 28.5 Å². The average Bonchev–Trinajstić information content (AvgIpc) is 3.48. The van der Waals surface area contributed by atoms with Crippen molar-refractivity contribution in [1.82, 2.24) is 5.32 Å². The Balaban J connectivity index is 1.59. The quantitative estimate of drug-likeness (QED) is 0.301. The number of hydrogen-bond acceptors (Lipinski definition) is 6. The highest BCUT2D eigenvalue weighted by Crippen LogP contribution is 2.40. The highest BCUT2D eigenvalue weighted by atomic mass is 32.1. The van der Waals surface area contributed by atoms with E-state index < -0.39 is 0 Å². The van der Waals surface area contributed by atoms with Gasteiger partial charge in [0.1, 0.15) is 17.4 Å². The topological polar surface area (TPSA) is 73.1 Å². The molecule has 1 aromatic carbocycles. The van der Waals surface area contributed by atoms with Crippen LogP contribution in [-0.4, -0.2) is 25.3 Å². The first-order valence-corrected chi connectivity index (χ1v) is 12.0. The lowest BCUT2D eigenvalue weighted by Gasteiger charge is -2.12. The number of aryl methyl sites for hydroxylation is 1.